The van der Waals surface area contributed by atoms with E-state index in [1.807, 2.05) is 0 Å². The van der Waals surface area contributed by atoms with E-state index in [9.17, 15) is 4.79 Å². The van der Waals surface area contributed by atoms with Crippen molar-refractivity contribution in [2.24, 2.45) is 0 Å². The second-order valence-corrected chi connectivity index (χ2v) is 3.15. The summed E-state index contributed by atoms with van der Waals surface area (Å²) in [5.74, 6) is -0.546. The molecule has 0 aromatic heterocycles. The molecule has 0 unspecified atom stereocenters. The van der Waals surface area contributed by atoms with Crippen LogP contribution in [0, 0.1) is 0 Å². The molecule has 1 N–H and O–H groups in total. The van der Waals surface area contributed by atoms with E-state index in [0.717, 1.165) is 5.57 Å². The minimum atomic E-state index is -0.975. The molecule has 1 heterocycles. The molecule has 62 valence electrons. The molecule has 0 aromatic carbocycles. The first-order valence-corrected chi connectivity index (χ1v) is 3.52. The zero-order chi connectivity index (χ0) is 8.65. The zero-order valence-corrected chi connectivity index (χ0v) is 6.76. The Hall–Kier alpha value is -0.830. The number of ether oxygens (including phenoxy) is 1. The van der Waals surface area contributed by atoms with Gasteiger partial charge < -0.3 is 9.84 Å². The molecular weight excluding hydrogens is 144 g/mol. The van der Waals surface area contributed by atoms with Gasteiger partial charge in [-0.2, -0.15) is 0 Å². The van der Waals surface area contributed by atoms with Crippen molar-refractivity contribution in [1.82, 2.24) is 0 Å². The number of hydrogen-bond donors (Lipinski definition) is 1. The van der Waals surface area contributed by atoms with Gasteiger partial charge in [0.2, 0.25) is 0 Å². The van der Waals surface area contributed by atoms with Crippen molar-refractivity contribution in [1.29, 1.82) is 0 Å². The lowest BCUT2D eigenvalue weighted by Gasteiger charge is -2.21. The van der Waals surface area contributed by atoms with Gasteiger partial charge in [-0.1, -0.05) is 6.58 Å². The van der Waals surface area contributed by atoms with Crippen molar-refractivity contribution >= 4 is 5.97 Å². The van der Waals surface area contributed by atoms with Crippen LogP contribution in [0.4, 0.5) is 0 Å². The van der Waals surface area contributed by atoms with Crippen molar-refractivity contribution in [2.45, 2.75) is 32.0 Å². The number of carbonyl (C=O) groups excluding carboxylic acids is 1. The third kappa shape index (κ3) is 1.28. The van der Waals surface area contributed by atoms with Gasteiger partial charge in [0, 0.05) is 6.42 Å². The maximum absolute atomic E-state index is 10.8. The van der Waals surface area contributed by atoms with Gasteiger partial charge in [0.1, 0.15) is 5.60 Å². The summed E-state index contributed by atoms with van der Waals surface area (Å²) < 4.78 is 4.93. The minimum absolute atomic E-state index is 0.321. The average molecular weight is 156 g/mol. The molecule has 1 aliphatic rings. The molecule has 0 radical (unpaired) electrons. The Morgan fingerprint density at radius 3 is 2.64 bits per heavy atom. The lowest BCUT2D eigenvalue weighted by Crippen LogP contribution is -2.24. The van der Waals surface area contributed by atoms with E-state index in [4.69, 9.17) is 9.84 Å². The monoisotopic (exact) mass is 156 g/mol. The number of carbonyl (C=O) groups is 1. The van der Waals surface area contributed by atoms with Crippen LogP contribution in [-0.2, 0) is 9.53 Å². The number of aliphatic hydroxyl groups excluding tert-OH is 1. The summed E-state index contributed by atoms with van der Waals surface area (Å²) in [6.07, 6.45) is -0.655. The summed E-state index contributed by atoms with van der Waals surface area (Å²) in [6.45, 7) is 7.23. The Labute approximate surface area is 65.7 Å². The molecule has 11 heavy (non-hydrogen) atoms. The van der Waals surface area contributed by atoms with Crippen molar-refractivity contribution in [3.05, 3.63) is 12.2 Å². The summed E-state index contributed by atoms with van der Waals surface area (Å²) in [5.41, 5.74) is 0.110. The van der Waals surface area contributed by atoms with E-state index >= 15 is 0 Å². The highest BCUT2D eigenvalue weighted by Crippen LogP contribution is 2.31. The predicted molar refractivity (Wildman–Crippen MR) is 39.9 cm³/mol. The Bertz CT molecular complexity index is 207. The number of rotatable bonds is 1. The van der Waals surface area contributed by atoms with Gasteiger partial charge in [0.25, 0.3) is 0 Å². The maximum atomic E-state index is 10.8. The molecule has 1 fully saturated rings. The van der Waals surface area contributed by atoms with Crippen LogP contribution >= 0.6 is 0 Å². The fraction of sp³-hybridized carbons (Fsp3) is 0.625. The van der Waals surface area contributed by atoms with Gasteiger partial charge >= 0.3 is 5.97 Å². The topological polar surface area (TPSA) is 46.5 Å². The SMILES string of the molecule is C=C(C)[C@]1(C)C[C@@H](O)C(=O)O1. The molecule has 0 aliphatic carbocycles. The Morgan fingerprint density at radius 1 is 1.91 bits per heavy atom. The molecule has 0 aromatic rings. The van der Waals surface area contributed by atoms with E-state index in [1.54, 1.807) is 13.8 Å². The Morgan fingerprint density at radius 2 is 2.45 bits per heavy atom. The fourth-order valence-electron chi connectivity index (χ4n) is 1.05. The third-order valence-corrected chi connectivity index (χ3v) is 2.08. The number of aliphatic hydroxyl groups is 1. The van der Waals surface area contributed by atoms with Crippen LogP contribution in [0.3, 0.4) is 0 Å². The van der Waals surface area contributed by atoms with E-state index < -0.39 is 17.7 Å². The first-order chi connectivity index (χ1) is 4.96. The molecule has 1 saturated heterocycles. The highest BCUT2D eigenvalue weighted by atomic mass is 16.6. The molecule has 1 rings (SSSR count). The quantitative estimate of drug-likeness (QED) is 0.447. The average Bonchev–Trinajstić information content (AvgIpc) is 2.09. The van der Waals surface area contributed by atoms with E-state index in [0.29, 0.717) is 6.42 Å². The van der Waals surface area contributed by atoms with Crippen molar-refractivity contribution in [2.75, 3.05) is 0 Å². The molecular formula is C8H12O3. The maximum Gasteiger partial charge on any atom is 0.336 e. The van der Waals surface area contributed by atoms with Gasteiger partial charge in [0.05, 0.1) is 0 Å². The normalized spacial score (nSPS) is 37.0. The molecule has 3 heteroatoms. The molecule has 2 atom stereocenters. The first-order valence-electron chi connectivity index (χ1n) is 3.52. The summed E-state index contributed by atoms with van der Waals surface area (Å²) in [7, 11) is 0. The van der Waals surface area contributed by atoms with E-state index in [-0.39, 0.29) is 0 Å². The number of esters is 1. The van der Waals surface area contributed by atoms with Crippen LogP contribution in [0.2, 0.25) is 0 Å². The summed E-state index contributed by atoms with van der Waals surface area (Å²) in [4.78, 5) is 10.8. The van der Waals surface area contributed by atoms with Gasteiger partial charge in [-0.3, -0.25) is 0 Å². The van der Waals surface area contributed by atoms with Crippen LogP contribution in [0.15, 0.2) is 12.2 Å². The van der Waals surface area contributed by atoms with Crippen molar-refractivity contribution in [3.8, 4) is 0 Å². The molecule has 0 spiro atoms. The third-order valence-electron chi connectivity index (χ3n) is 2.08. The predicted octanol–water partition coefficient (Wildman–Crippen LogP) is 0.629. The summed E-state index contributed by atoms with van der Waals surface area (Å²) in [5, 5.41) is 9.07. The van der Waals surface area contributed by atoms with E-state index in [2.05, 4.69) is 6.58 Å². The van der Waals surface area contributed by atoms with Crippen LogP contribution in [-0.4, -0.2) is 22.8 Å². The van der Waals surface area contributed by atoms with Crippen LogP contribution in [0.25, 0.3) is 0 Å². The second-order valence-electron chi connectivity index (χ2n) is 3.15. The molecule has 3 nitrogen and oxygen atoms in total. The molecule has 1 aliphatic heterocycles. The van der Waals surface area contributed by atoms with Crippen molar-refractivity contribution in [3.63, 3.8) is 0 Å². The van der Waals surface area contributed by atoms with Crippen LogP contribution in [0.5, 0.6) is 0 Å². The highest BCUT2D eigenvalue weighted by molar-refractivity contribution is 5.77. The van der Waals surface area contributed by atoms with E-state index in [1.165, 1.54) is 0 Å². The van der Waals surface area contributed by atoms with Gasteiger partial charge in [0.15, 0.2) is 6.10 Å². The zero-order valence-electron chi connectivity index (χ0n) is 6.76. The lowest BCUT2D eigenvalue weighted by molar-refractivity contribution is -0.150. The lowest BCUT2D eigenvalue weighted by atomic mass is 9.94. The first kappa shape index (κ1) is 8.27. The standard InChI is InChI=1S/C8H12O3/c1-5(2)8(3)4-6(9)7(10)11-8/h6,9H,1,4H2,2-3H3/t6-,8+/m1/s1. The smallest absolute Gasteiger partial charge is 0.336 e. The van der Waals surface area contributed by atoms with Gasteiger partial charge in [-0.05, 0) is 19.4 Å². The molecule has 0 bridgehead atoms. The minimum Gasteiger partial charge on any atom is -0.453 e. The summed E-state index contributed by atoms with van der Waals surface area (Å²) in [6, 6.07) is 0. The Balaban J connectivity index is 2.79. The number of hydrogen-bond acceptors (Lipinski definition) is 3. The fourth-order valence-corrected chi connectivity index (χ4v) is 1.05. The van der Waals surface area contributed by atoms with Crippen LogP contribution in [0.1, 0.15) is 20.3 Å². The largest absolute Gasteiger partial charge is 0.453 e. The van der Waals surface area contributed by atoms with Gasteiger partial charge in [-0.25, -0.2) is 4.79 Å². The van der Waals surface area contributed by atoms with Gasteiger partial charge in [-0.15, -0.1) is 0 Å². The number of cyclic esters (lactones) is 1. The van der Waals surface area contributed by atoms with Crippen molar-refractivity contribution < 1.29 is 14.6 Å². The molecule has 0 saturated carbocycles. The van der Waals surface area contributed by atoms with Crippen LogP contribution < -0.4 is 0 Å². The Kier molecular flexibility index (Phi) is 1.76. The highest BCUT2D eigenvalue weighted by Gasteiger charge is 2.42. The summed E-state index contributed by atoms with van der Waals surface area (Å²) >= 11 is 0. The second kappa shape index (κ2) is 2.34. The molecule has 0 amide bonds.